The summed E-state index contributed by atoms with van der Waals surface area (Å²) in [4.78, 5) is 32.2. The summed E-state index contributed by atoms with van der Waals surface area (Å²) in [6.45, 7) is 0. The zero-order valence-electron chi connectivity index (χ0n) is 7.89. The fourth-order valence-electron chi connectivity index (χ4n) is 1.12. The minimum Gasteiger partial charge on any atom is -0.507 e. The summed E-state index contributed by atoms with van der Waals surface area (Å²) in [5, 5.41) is 9.35. The molecule has 0 amide bonds. The van der Waals surface area contributed by atoms with Crippen LogP contribution >= 0.6 is 0 Å². The van der Waals surface area contributed by atoms with Crippen molar-refractivity contribution in [2.75, 3.05) is 7.11 Å². The average molecular weight is 208 g/mol. The number of hydrogen-bond acceptors (Lipinski definition) is 5. The monoisotopic (exact) mass is 208 g/mol. The van der Waals surface area contributed by atoms with Gasteiger partial charge in [-0.25, -0.2) is 4.79 Å². The van der Waals surface area contributed by atoms with Crippen molar-refractivity contribution in [3.63, 3.8) is 0 Å². The number of carbonyl (C=O) groups is 3. The van der Waals surface area contributed by atoms with Crippen LogP contribution in [0.4, 0.5) is 0 Å². The molecule has 1 N–H and O–H groups in total. The van der Waals surface area contributed by atoms with Crippen molar-refractivity contribution < 1.29 is 24.2 Å². The molecule has 15 heavy (non-hydrogen) atoms. The number of phenolic OH excluding ortho intramolecular Hbond substituents is 1. The minimum atomic E-state index is -0.689. The summed E-state index contributed by atoms with van der Waals surface area (Å²) in [6, 6.07) is 2.25. The first-order valence-corrected chi connectivity index (χ1v) is 3.99. The molecule has 0 fully saturated rings. The quantitative estimate of drug-likeness (QED) is 0.587. The van der Waals surface area contributed by atoms with E-state index in [0.717, 1.165) is 6.07 Å². The van der Waals surface area contributed by atoms with Gasteiger partial charge in [0.15, 0.2) is 12.6 Å². The SMILES string of the molecule is COC(=O)c1cc(O)c(C=O)c(C=O)c1. The van der Waals surface area contributed by atoms with E-state index < -0.39 is 11.7 Å². The summed E-state index contributed by atoms with van der Waals surface area (Å²) >= 11 is 0. The Hall–Kier alpha value is -2.17. The van der Waals surface area contributed by atoms with Crippen molar-refractivity contribution in [1.82, 2.24) is 0 Å². The summed E-state index contributed by atoms with van der Waals surface area (Å²) in [7, 11) is 1.17. The lowest BCUT2D eigenvalue weighted by molar-refractivity contribution is 0.0600. The third-order valence-electron chi connectivity index (χ3n) is 1.86. The Kier molecular flexibility index (Phi) is 3.17. The predicted octanol–water partition coefficient (Wildman–Crippen LogP) is 0.804. The highest BCUT2D eigenvalue weighted by molar-refractivity contribution is 5.98. The minimum absolute atomic E-state index is 0.0164. The molecule has 0 atom stereocenters. The molecule has 0 radical (unpaired) electrons. The molecule has 0 aliphatic rings. The van der Waals surface area contributed by atoms with Crippen molar-refractivity contribution in [1.29, 1.82) is 0 Å². The van der Waals surface area contributed by atoms with Crippen LogP contribution in [0.25, 0.3) is 0 Å². The first-order chi connectivity index (χ1) is 7.13. The van der Waals surface area contributed by atoms with Gasteiger partial charge in [0.1, 0.15) is 5.75 Å². The highest BCUT2D eigenvalue weighted by atomic mass is 16.5. The van der Waals surface area contributed by atoms with Crippen molar-refractivity contribution >= 4 is 18.5 Å². The van der Waals surface area contributed by atoms with Gasteiger partial charge in [0.2, 0.25) is 0 Å². The van der Waals surface area contributed by atoms with E-state index in [1.807, 2.05) is 0 Å². The van der Waals surface area contributed by atoms with E-state index in [9.17, 15) is 19.5 Å². The largest absolute Gasteiger partial charge is 0.507 e. The molecule has 0 aliphatic carbocycles. The zero-order chi connectivity index (χ0) is 11.4. The van der Waals surface area contributed by atoms with Crippen LogP contribution in [0, 0.1) is 0 Å². The smallest absolute Gasteiger partial charge is 0.338 e. The van der Waals surface area contributed by atoms with Gasteiger partial charge >= 0.3 is 5.97 Å². The molecular formula is C10H8O5. The second-order valence-corrected chi connectivity index (χ2v) is 2.73. The van der Waals surface area contributed by atoms with E-state index in [2.05, 4.69) is 4.74 Å². The van der Waals surface area contributed by atoms with Gasteiger partial charge in [0.25, 0.3) is 0 Å². The van der Waals surface area contributed by atoms with E-state index in [0.29, 0.717) is 12.6 Å². The lowest BCUT2D eigenvalue weighted by Crippen LogP contribution is -2.03. The molecule has 0 saturated carbocycles. The maximum Gasteiger partial charge on any atom is 0.338 e. The molecule has 0 heterocycles. The topological polar surface area (TPSA) is 80.7 Å². The summed E-state index contributed by atoms with van der Waals surface area (Å²) in [6.07, 6.45) is 0.732. The number of aromatic hydroxyl groups is 1. The first-order valence-electron chi connectivity index (χ1n) is 3.99. The Labute approximate surface area is 85.3 Å². The molecular weight excluding hydrogens is 200 g/mol. The maximum absolute atomic E-state index is 11.1. The number of carbonyl (C=O) groups excluding carboxylic acids is 3. The predicted molar refractivity (Wildman–Crippen MR) is 50.2 cm³/mol. The third-order valence-corrected chi connectivity index (χ3v) is 1.86. The van der Waals surface area contributed by atoms with Crippen LogP contribution in [0.15, 0.2) is 12.1 Å². The van der Waals surface area contributed by atoms with E-state index in [4.69, 9.17) is 0 Å². The van der Waals surface area contributed by atoms with Crippen LogP contribution in [-0.4, -0.2) is 30.8 Å². The van der Waals surface area contributed by atoms with Gasteiger partial charge in [-0.3, -0.25) is 9.59 Å². The molecule has 0 saturated heterocycles. The van der Waals surface area contributed by atoms with E-state index in [1.54, 1.807) is 0 Å². The molecule has 0 aromatic heterocycles. The van der Waals surface area contributed by atoms with Crippen LogP contribution < -0.4 is 0 Å². The number of hydrogen-bond donors (Lipinski definition) is 1. The molecule has 0 bridgehead atoms. The number of rotatable bonds is 3. The number of ether oxygens (including phenoxy) is 1. The van der Waals surface area contributed by atoms with Gasteiger partial charge in [-0.15, -0.1) is 0 Å². The van der Waals surface area contributed by atoms with Crippen LogP contribution in [-0.2, 0) is 4.74 Å². The van der Waals surface area contributed by atoms with Crippen molar-refractivity contribution in [3.05, 3.63) is 28.8 Å². The molecule has 1 aromatic carbocycles. The second kappa shape index (κ2) is 4.36. The Bertz CT molecular complexity index is 422. The van der Waals surface area contributed by atoms with E-state index in [1.165, 1.54) is 13.2 Å². The lowest BCUT2D eigenvalue weighted by atomic mass is 10.0. The van der Waals surface area contributed by atoms with Crippen LogP contribution in [0.1, 0.15) is 31.1 Å². The van der Waals surface area contributed by atoms with Gasteiger partial charge < -0.3 is 9.84 Å². The second-order valence-electron chi connectivity index (χ2n) is 2.73. The number of esters is 1. The van der Waals surface area contributed by atoms with Crippen molar-refractivity contribution in [2.24, 2.45) is 0 Å². The molecule has 1 rings (SSSR count). The molecule has 78 valence electrons. The molecule has 0 unspecified atom stereocenters. The maximum atomic E-state index is 11.1. The summed E-state index contributed by atoms with van der Waals surface area (Å²) < 4.78 is 4.41. The van der Waals surface area contributed by atoms with Crippen LogP contribution in [0.5, 0.6) is 5.75 Å². The molecule has 0 aliphatic heterocycles. The Morgan fingerprint density at radius 2 is 2.00 bits per heavy atom. The number of phenols is 1. The normalized spacial score (nSPS) is 9.40. The van der Waals surface area contributed by atoms with Crippen molar-refractivity contribution in [2.45, 2.75) is 0 Å². The van der Waals surface area contributed by atoms with Gasteiger partial charge in [-0.05, 0) is 12.1 Å². The van der Waals surface area contributed by atoms with Gasteiger partial charge in [-0.1, -0.05) is 0 Å². The van der Waals surface area contributed by atoms with Crippen molar-refractivity contribution in [3.8, 4) is 5.75 Å². The standard InChI is InChI=1S/C10H8O5/c1-15-10(14)6-2-7(4-11)8(5-12)9(13)3-6/h2-5,13H,1H3. The highest BCUT2D eigenvalue weighted by Gasteiger charge is 2.13. The Morgan fingerprint density at radius 3 is 2.47 bits per heavy atom. The molecule has 5 heteroatoms. The summed E-state index contributed by atoms with van der Waals surface area (Å²) in [5.41, 5.74) is -0.175. The summed E-state index contributed by atoms with van der Waals surface area (Å²) in [5.74, 6) is -1.11. The number of benzene rings is 1. The Morgan fingerprint density at radius 1 is 1.33 bits per heavy atom. The van der Waals surface area contributed by atoms with Crippen LogP contribution in [0.3, 0.4) is 0 Å². The fourth-order valence-corrected chi connectivity index (χ4v) is 1.12. The molecule has 5 nitrogen and oxygen atoms in total. The Balaban J connectivity index is 3.37. The number of aldehydes is 2. The highest BCUT2D eigenvalue weighted by Crippen LogP contribution is 2.21. The molecule has 1 aromatic rings. The molecule has 0 spiro atoms. The van der Waals surface area contributed by atoms with Crippen LogP contribution in [0.2, 0.25) is 0 Å². The lowest BCUT2D eigenvalue weighted by Gasteiger charge is -2.04. The van der Waals surface area contributed by atoms with Gasteiger partial charge in [0.05, 0.1) is 18.2 Å². The van der Waals surface area contributed by atoms with Gasteiger partial charge in [-0.2, -0.15) is 0 Å². The average Bonchev–Trinajstić information content (AvgIpc) is 2.26. The fraction of sp³-hybridized carbons (Fsp3) is 0.100. The zero-order valence-corrected chi connectivity index (χ0v) is 7.89. The first kappa shape index (κ1) is 10.9. The third kappa shape index (κ3) is 2.01. The number of methoxy groups -OCH3 is 1. The van der Waals surface area contributed by atoms with E-state index >= 15 is 0 Å². The van der Waals surface area contributed by atoms with E-state index in [-0.39, 0.29) is 16.7 Å². The van der Waals surface area contributed by atoms with Gasteiger partial charge in [0, 0.05) is 5.56 Å².